The summed E-state index contributed by atoms with van der Waals surface area (Å²) in [6.07, 6.45) is 1.87. The lowest BCUT2D eigenvalue weighted by Crippen LogP contribution is -2.48. The van der Waals surface area contributed by atoms with Crippen molar-refractivity contribution >= 4 is 34.2 Å². The van der Waals surface area contributed by atoms with Gasteiger partial charge in [-0.2, -0.15) is 0 Å². The van der Waals surface area contributed by atoms with Gasteiger partial charge in [-0.3, -0.25) is 4.79 Å². The van der Waals surface area contributed by atoms with Gasteiger partial charge in [0, 0.05) is 43.3 Å². The number of halogens is 2. The Bertz CT molecular complexity index is 376. The smallest absolute Gasteiger partial charge is 0.267 e. The summed E-state index contributed by atoms with van der Waals surface area (Å²) >= 11 is 3.35. The van der Waals surface area contributed by atoms with Gasteiger partial charge in [0.05, 0.1) is 0 Å². The molecule has 1 fully saturated rings. The van der Waals surface area contributed by atoms with E-state index in [4.69, 9.17) is 0 Å². The largest absolute Gasteiger partial charge is 0.350 e. The molecule has 0 aliphatic carbocycles. The first kappa shape index (κ1) is 13.5. The summed E-state index contributed by atoms with van der Waals surface area (Å²) in [6.45, 7) is 2.78. The van der Waals surface area contributed by atoms with Crippen LogP contribution in [-0.4, -0.2) is 30.1 Å². The van der Waals surface area contributed by atoms with Crippen LogP contribution < -0.4 is 10.6 Å². The van der Waals surface area contributed by atoms with Gasteiger partial charge in [-0.1, -0.05) is 0 Å². The van der Waals surface area contributed by atoms with Gasteiger partial charge in [0.15, 0.2) is 0 Å². The minimum absolute atomic E-state index is 0. The lowest BCUT2D eigenvalue weighted by Gasteiger charge is -2.27. The standard InChI is InChI=1S/C10H14BrN3O.ClH/c1-14-6-8(11)2-9(14)10(15)13-5-7-3-12-4-7;/h2,6-7,12H,3-5H2,1H3,(H,13,15);1H. The first-order valence-corrected chi connectivity index (χ1v) is 5.77. The molecule has 0 bridgehead atoms. The fraction of sp³-hybridized carbons (Fsp3) is 0.500. The highest BCUT2D eigenvalue weighted by Gasteiger charge is 2.18. The summed E-state index contributed by atoms with van der Waals surface area (Å²) in [5.41, 5.74) is 0.689. The quantitative estimate of drug-likeness (QED) is 0.880. The van der Waals surface area contributed by atoms with E-state index in [2.05, 4.69) is 26.6 Å². The molecular weight excluding hydrogens is 293 g/mol. The molecule has 90 valence electrons. The molecule has 1 saturated heterocycles. The van der Waals surface area contributed by atoms with Crippen LogP contribution in [0.5, 0.6) is 0 Å². The predicted octanol–water partition coefficient (Wildman–Crippen LogP) is 1.16. The van der Waals surface area contributed by atoms with E-state index in [9.17, 15) is 4.79 Å². The third-order valence-corrected chi connectivity index (χ3v) is 3.06. The van der Waals surface area contributed by atoms with Crippen LogP contribution in [0.25, 0.3) is 0 Å². The molecule has 2 heterocycles. The highest BCUT2D eigenvalue weighted by Crippen LogP contribution is 2.13. The zero-order chi connectivity index (χ0) is 10.8. The lowest BCUT2D eigenvalue weighted by atomic mass is 10.0. The first-order valence-electron chi connectivity index (χ1n) is 4.97. The minimum atomic E-state index is -0.00454. The Hall–Kier alpha value is -0.520. The van der Waals surface area contributed by atoms with Gasteiger partial charge in [-0.25, -0.2) is 0 Å². The average molecular weight is 309 g/mol. The number of rotatable bonds is 3. The van der Waals surface area contributed by atoms with E-state index in [0.29, 0.717) is 11.6 Å². The van der Waals surface area contributed by atoms with Crippen molar-refractivity contribution in [1.29, 1.82) is 0 Å². The zero-order valence-corrected chi connectivity index (χ0v) is 11.4. The number of hydrogen-bond donors (Lipinski definition) is 2. The molecule has 0 unspecified atom stereocenters. The molecule has 2 N–H and O–H groups in total. The van der Waals surface area contributed by atoms with Crippen LogP contribution in [0.4, 0.5) is 0 Å². The monoisotopic (exact) mass is 307 g/mol. The van der Waals surface area contributed by atoms with E-state index in [1.807, 2.05) is 23.9 Å². The van der Waals surface area contributed by atoms with Crippen LogP contribution >= 0.6 is 28.3 Å². The van der Waals surface area contributed by atoms with Crippen LogP contribution in [0.3, 0.4) is 0 Å². The first-order chi connectivity index (χ1) is 7.16. The fourth-order valence-electron chi connectivity index (χ4n) is 1.57. The molecule has 1 amide bonds. The maximum Gasteiger partial charge on any atom is 0.267 e. The van der Waals surface area contributed by atoms with Crippen molar-refractivity contribution in [3.8, 4) is 0 Å². The van der Waals surface area contributed by atoms with Crippen LogP contribution in [0.2, 0.25) is 0 Å². The topological polar surface area (TPSA) is 46.1 Å². The maximum atomic E-state index is 11.8. The number of hydrogen-bond acceptors (Lipinski definition) is 2. The van der Waals surface area contributed by atoms with Gasteiger partial charge in [-0.15, -0.1) is 12.4 Å². The Morgan fingerprint density at radius 1 is 1.69 bits per heavy atom. The highest BCUT2D eigenvalue weighted by atomic mass is 79.9. The normalized spacial score (nSPS) is 15.1. The molecule has 0 saturated carbocycles. The second-order valence-electron chi connectivity index (χ2n) is 3.89. The molecule has 4 nitrogen and oxygen atoms in total. The molecular formula is C10H15BrClN3O. The van der Waals surface area contributed by atoms with Crippen molar-refractivity contribution in [3.63, 3.8) is 0 Å². The summed E-state index contributed by atoms with van der Waals surface area (Å²) in [5.74, 6) is 0.591. The van der Waals surface area contributed by atoms with E-state index in [-0.39, 0.29) is 18.3 Å². The van der Waals surface area contributed by atoms with Crippen LogP contribution in [-0.2, 0) is 7.05 Å². The Labute approximate surface area is 109 Å². The second-order valence-corrected chi connectivity index (χ2v) is 4.80. The average Bonchev–Trinajstić information content (AvgIpc) is 2.42. The van der Waals surface area contributed by atoms with Gasteiger partial charge in [0.25, 0.3) is 5.91 Å². The lowest BCUT2D eigenvalue weighted by molar-refractivity contribution is 0.0934. The number of nitrogens with one attached hydrogen (secondary N) is 2. The summed E-state index contributed by atoms with van der Waals surface area (Å²) in [5, 5.41) is 6.11. The summed E-state index contributed by atoms with van der Waals surface area (Å²) in [7, 11) is 1.87. The Balaban J connectivity index is 0.00000128. The van der Waals surface area contributed by atoms with E-state index >= 15 is 0 Å². The number of carbonyl (C=O) groups excluding carboxylic acids is 1. The van der Waals surface area contributed by atoms with Gasteiger partial charge in [0.1, 0.15) is 5.69 Å². The van der Waals surface area contributed by atoms with Crippen LogP contribution in [0.15, 0.2) is 16.7 Å². The molecule has 16 heavy (non-hydrogen) atoms. The minimum Gasteiger partial charge on any atom is -0.350 e. The van der Waals surface area contributed by atoms with E-state index in [0.717, 1.165) is 24.1 Å². The molecule has 0 aromatic carbocycles. The van der Waals surface area contributed by atoms with Crippen molar-refractivity contribution in [2.45, 2.75) is 0 Å². The zero-order valence-electron chi connectivity index (χ0n) is 9.00. The predicted molar refractivity (Wildman–Crippen MR) is 69.1 cm³/mol. The molecule has 6 heteroatoms. The van der Waals surface area contributed by atoms with Crippen molar-refractivity contribution in [2.75, 3.05) is 19.6 Å². The molecule has 0 atom stereocenters. The van der Waals surface area contributed by atoms with Gasteiger partial charge in [0.2, 0.25) is 0 Å². The number of carbonyl (C=O) groups is 1. The van der Waals surface area contributed by atoms with Crippen LogP contribution in [0.1, 0.15) is 10.5 Å². The van der Waals surface area contributed by atoms with Gasteiger partial charge < -0.3 is 15.2 Å². The summed E-state index contributed by atoms with van der Waals surface area (Å²) < 4.78 is 2.75. The Morgan fingerprint density at radius 3 is 2.81 bits per heavy atom. The second kappa shape index (κ2) is 5.70. The number of nitrogens with zero attached hydrogens (tertiary/aromatic N) is 1. The van der Waals surface area contributed by atoms with Crippen molar-refractivity contribution in [1.82, 2.24) is 15.2 Å². The number of aromatic nitrogens is 1. The third kappa shape index (κ3) is 2.99. The van der Waals surface area contributed by atoms with Crippen molar-refractivity contribution < 1.29 is 4.79 Å². The number of amides is 1. The third-order valence-electron chi connectivity index (χ3n) is 2.62. The molecule has 1 aromatic rings. The maximum absolute atomic E-state index is 11.8. The molecule has 1 aliphatic rings. The van der Waals surface area contributed by atoms with Gasteiger partial charge in [-0.05, 0) is 22.0 Å². The van der Waals surface area contributed by atoms with Crippen molar-refractivity contribution in [3.05, 3.63) is 22.4 Å². The molecule has 2 rings (SSSR count). The molecule has 0 spiro atoms. The van der Waals surface area contributed by atoms with Crippen LogP contribution in [0, 0.1) is 5.92 Å². The highest BCUT2D eigenvalue weighted by molar-refractivity contribution is 9.10. The Kier molecular flexibility index (Phi) is 4.83. The fourth-order valence-corrected chi connectivity index (χ4v) is 2.09. The number of aryl methyl sites for hydroxylation is 1. The van der Waals surface area contributed by atoms with Crippen molar-refractivity contribution in [2.24, 2.45) is 13.0 Å². The molecule has 0 radical (unpaired) electrons. The molecule has 1 aromatic heterocycles. The van der Waals surface area contributed by atoms with E-state index < -0.39 is 0 Å². The van der Waals surface area contributed by atoms with E-state index in [1.165, 1.54) is 0 Å². The SMILES string of the molecule is Cl.Cn1cc(Br)cc1C(=O)NCC1CNC1. The summed E-state index contributed by atoms with van der Waals surface area (Å²) in [6, 6.07) is 1.83. The Morgan fingerprint density at radius 2 is 2.38 bits per heavy atom. The van der Waals surface area contributed by atoms with E-state index in [1.54, 1.807) is 0 Å². The van der Waals surface area contributed by atoms with Gasteiger partial charge >= 0.3 is 0 Å². The molecule has 1 aliphatic heterocycles. The summed E-state index contributed by atoms with van der Waals surface area (Å²) in [4.78, 5) is 11.8.